The Morgan fingerprint density at radius 3 is 2.23 bits per heavy atom. The minimum Gasteiger partial charge on any atom is -0.273 e. The molecule has 2 heterocycles. The molecule has 2 fully saturated rings. The van der Waals surface area contributed by atoms with Gasteiger partial charge in [-0.25, -0.2) is 14.4 Å². The second kappa shape index (κ2) is 8.25. The first-order valence-corrected chi connectivity index (χ1v) is 10.3. The molecule has 0 aromatic heterocycles. The number of nitrogens with zero attached hydrogens (tertiary/aromatic N) is 4. The molecule has 176 valence electrons. The molecule has 3 atom stereocenters. The van der Waals surface area contributed by atoms with Gasteiger partial charge in [0.1, 0.15) is 17.8 Å². The maximum Gasteiger partial charge on any atom is 0.274 e. The van der Waals surface area contributed by atoms with E-state index in [1.165, 1.54) is 54.6 Å². The Morgan fingerprint density at radius 2 is 1.54 bits per heavy atom. The molecule has 3 aromatic rings. The van der Waals surface area contributed by atoms with Crippen LogP contribution in [0, 0.1) is 32.0 Å². The highest BCUT2D eigenvalue weighted by Gasteiger charge is 2.61. The minimum absolute atomic E-state index is 0.0959. The Balaban J connectivity index is 1.64. The van der Waals surface area contributed by atoms with Crippen LogP contribution in [-0.2, 0) is 14.4 Å². The quantitative estimate of drug-likeness (QED) is 0.308. The van der Waals surface area contributed by atoms with Crippen LogP contribution in [0.15, 0.2) is 72.8 Å². The van der Waals surface area contributed by atoms with E-state index in [2.05, 4.69) is 0 Å². The minimum atomic E-state index is -1.35. The second-order valence-electron chi connectivity index (χ2n) is 7.90. The van der Waals surface area contributed by atoms with Crippen molar-refractivity contribution in [2.75, 3.05) is 9.96 Å². The van der Waals surface area contributed by atoms with E-state index < -0.39 is 45.5 Å². The number of nitro groups is 2. The molecule has 0 spiro atoms. The molecule has 35 heavy (non-hydrogen) atoms. The number of anilines is 2. The Kier molecular flexibility index (Phi) is 5.21. The molecule has 0 radical (unpaired) electrons. The Labute approximate surface area is 196 Å². The van der Waals surface area contributed by atoms with Crippen LogP contribution in [0.3, 0.4) is 0 Å². The summed E-state index contributed by atoms with van der Waals surface area (Å²) in [4.78, 5) is 55.4. The number of amides is 2. The number of hydrogen-bond donors (Lipinski definition) is 0. The highest BCUT2D eigenvalue weighted by Crippen LogP contribution is 2.49. The third kappa shape index (κ3) is 3.56. The molecule has 0 saturated carbocycles. The lowest BCUT2D eigenvalue weighted by molar-refractivity contribution is -0.385. The number of rotatable bonds is 5. The molecular formula is C23H15FN4O7. The summed E-state index contributed by atoms with van der Waals surface area (Å²) in [5.74, 6) is -3.18. The molecule has 0 bridgehead atoms. The largest absolute Gasteiger partial charge is 0.274 e. The zero-order chi connectivity index (χ0) is 24.9. The van der Waals surface area contributed by atoms with E-state index in [4.69, 9.17) is 4.84 Å². The molecule has 5 rings (SSSR count). The summed E-state index contributed by atoms with van der Waals surface area (Å²) in [6.45, 7) is 0. The summed E-state index contributed by atoms with van der Waals surface area (Å²) in [6.07, 6.45) is -1.35. The monoisotopic (exact) mass is 478 g/mol. The van der Waals surface area contributed by atoms with Gasteiger partial charge in [0.05, 0.1) is 26.8 Å². The maximum atomic E-state index is 13.5. The normalized spacial score (nSPS) is 21.3. The summed E-state index contributed by atoms with van der Waals surface area (Å²) < 4.78 is 13.4. The number of hydroxylamine groups is 1. The average molecular weight is 478 g/mol. The zero-order valence-electron chi connectivity index (χ0n) is 17.7. The Morgan fingerprint density at radius 1 is 0.829 bits per heavy atom. The van der Waals surface area contributed by atoms with Crippen molar-refractivity contribution in [3.8, 4) is 0 Å². The highest BCUT2D eigenvalue weighted by molar-refractivity contribution is 6.24. The third-order valence-corrected chi connectivity index (χ3v) is 5.95. The number of carbonyl (C=O) groups excluding carboxylic acids is 2. The van der Waals surface area contributed by atoms with Crippen LogP contribution in [0.5, 0.6) is 0 Å². The Bertz CT molecular complexity index is 1380. The van der Waals surface area contributed by atoms with E-state index in [-0.39, 0.29) is 28.3 Å². The van der Waals surface area contributed by atoms with Gasteiger partial charge in [0.25, 0.3) is 17.3 Å². The number of halogens is 1. The van der Waals surface area contributed by atoms with Crippen molar-refractivity contribution in [2.24, 2.45) is 5.92 Å². The molecule has 2 aliphatic rings. The zero-order valence-corrected chi connectivity index (χ0v) is 17.7. The molecule has 0 unspecified atom stereocenters. The van der Waals surface area contributed by atoms with Gasteiger partial charge in [0.2, 0.25) is 5.91 Å². The van der Waals surface area contributed by atoms with E-state index >= 15 is 0 Å². The summed E-state index contributed by atoms with van der Waals surface area (Å²) in [6, 6.07) is 14.6. The van der Waals surface area contributed by atoms with Crippen molar-refractivity contribution in [1.29, 1.82) is 0 Å². The fourth-order valence-corrected chi connectivity index (χ4v) is 4.45. The number of imide groups is 1. The number of non-ortho nitro benzene ring substituents is 1. The van der Waals surface area contributed by atoms with Crippen LogP contribution in [0.4, 0.5) is 27.1 Å². The van der Waals surface area contributed by atoms with Crippen LogP contribution in [0.25, 0.3) is 0 Å². The predicted octanol–water partition coefficient (Wildman–Crippen LogP) is 3.69. The standard InChI is InChI=1S/C23H15FN4O7/c24-13-8-10-14(11-9-13)25-22(29)19-20(17-6-1-2-7-18(17)28(33)34)26(35-21(19)23(25)30)15-4-3-5-16(12-15)27(31)32/h1-12,19-21H/t19-,20-,21+/m1/s1. The lowest BCUT2D eigenvalue weighted by Crippen LogP contribution is -2.37. The van der Waals surface area contributed by atoms with Gasteiger partial charge in [-0.2, -0.15) is 0 Å². The van der Waals surface area contributed by atoms with Crippen molar-refractivity contribution in [1.82, 2.24) is 0 Å². The molecular weight excluding hydrogens is 463 g/mol. The number of benzene rings is 3. The van der Waals surface area contributed by atoms with E-state index in [1.54, 1.807) is 6.07 Å². The van der Waals surface area contributed by atoms with Gasteiger partial charge in [0.15, 0.2) is 6.10 Å². The number of hydrogen-bond acceptors (Lipinski definition) is 8. The Hall–Kier alpha value is -4.71. The van der Waals surface area contributed by atoms with Crippen LogP contribution in [0.2, 0.25) is 0 Å². The molecule has 2 saturated heterocycles. The van der Waals surface area contributed by atoms with E-state index in [9.17, 15) is 34.2 Å². The summed E-state index contributed by atoms with van der Waals surface area (Å²) in [7, 11) is 0. The average Bonchev–Trinajstić information content (AvgIpc) is 3.36. The van der Waals surface area contributed by atoms with Crippen LogP contribution < -0.4 is 9.96 Å². The van der Waals surface area contributed by atoms with Crippen molar-refractivity contribution < 1.29 is 28.7 Å². The fraction of sp³-hybridized carbons (Fsp3) is 0.130. The van der Waals surface area contributed by atoms with Crippen molar-refractivity contribution in [3.63, 3.8) is 0 Å². The van der Waals surface area contributed by atoms with Crippen LogP contribution >= 0.6 is 0 Å². The molecule has 11 nitrogen and oxygen atoms in total. The molecule has 2 aliphatic heterocycles. The van der Waals surface area contributed by atoms with Gasteiger partial charge < -0.3 is 0 Å². The highest BCUT2D eigenvalue weighted by atomic mass is 19.1. The summed E-state index contributed by atoms with van der Waals surface area (Å²) in [5, 5.41) is 24.2. The smallest absolute Gasteiger partial charge is 0.273 e. The first-order valence-electron chi connectivity index (χ1n) is 10.3. The van der Waals surface area contributed by atoms with Crippen LogP contribution in [-0.4, -0.2) is 27.8 Å². The van der Waals surface area contributed by atoms with Crippen molar-refractivity contribution in [2.45, 2.75) is 12.1 Å². The number of fused-ring (bicyclic) bond motifs is 1. The lowest BCUT2D eigenvalue weighted by Gasteiger charge is -2.28. The number of para-hydroxylation sites is 1. The second-order valence-corrected chi connectivity index (χ2v) is 7.90. The first-order chi connectivity index (χ1) is 16.8. The van der Waals surface area contributed by atoms with Gasteiger partial charge >= 0.3 is 0 Å². The van der Waals surface area contributed by atoms with Gasteiger partial charge in [-0.3, -0.25) is 34.7 Å². The lowest BCUT2D eigenvalue weighted by atomic mass is 9.89. The number of carbonyl (C=O) groups is 2. The molecule has 3 aromatic carbocycles. The van der Waals surface area contributed by atoms with Crippen molar-refractivity contribution in [3.05, 3.63) is 104 Å². The topological polar surface area (TPSA) is 136 Å². The molecule has 0 N–H and O–H groups in total. The van der Waals surface area contributed by atoms with E-state index in [0.717, 1.165) is 22.1 Å². The van der Waals surface area contributed by atoms with Gasteiger partial charge in [-0.1, -0.05) is 18.2 Å². The molecule has 12 heteroatoms. The van der Waals surface area contributed by atoms with Crippen LogP contribution in [0.1, 0.15) is 11.6 Å². The SMILES string of the molecule is O=C1[C@H]2[C@H](ON(c3cccc([N+](=O)[O-])c3)[C@@H]2c2ccccc2[N+](=O)[O-])C(=O)N1c1ccc(F)cc1. The molecule has 2 amide bonds. The third-order valence-electron chi connectivity index (χ3n) is 5.95. The summed E-state index contributed by atoms with van der Waals surface area (Å²) in [5.41, 5.74) is -0.209. The predicted molar refractivity (Wildman–Crippen MR) is 119 cm³/mol. The van der Waals surface area contributed by atoms with E-state index in [1.807, 2.05) is 0 Å². The van der Waals surface area contributed by atoms with Crippen molar-refractivity contribution >= 4 is 34.6 Å². The van der Waals surface area contributed by atoms with E-state index in [0.29, 0.717) is 0 Å². The fourth-order valence-electron chi connectivity index (χ4n) is 4.45. The maximum absolute atomic E-state index is 13.5. The summed E-state index contributed by atoms with van der Waals surface area (Å²) >= 11 is 0. The number of nitro benzene ring substituents is 2. The van der Waals surface area contributed by atoms with Gasteiger partial charge in [0, 0.05) is 18.2 Å². The molecule has 0 aliphatic carbocycles. The van der Waals surface area contributed by atoms with Gasteiger partial charge in [-0.05, 0) is 36.4 Å². The first kappa shape index (κ1) is 22.1. The van der Waals surface area contributed by atoms with Gasteiger partial charge in [-0.15, -0.1) is 0 Å².